The third kappa shape index (κ3) is 8.31. The van der Waals surface area contributed by atoms with Crippen molar-refractivity contribution in [1.82, 2.24) is 14.8 Å². The van der Waals surface area contributed by atoms with Crippen LogP contribution in [0, 0.1) is 11.8 Å². The van der Waals surface area contributed by atoms with Crippen LogP contribution in [0.2, 0.25) is 0 Å². The van der Waals surface area contributed by atoms with Crippen LogP contribution in [-0.2, 0) is 6.54 Å². The number of nitrogens with one attached hydrogen (secondary N) is 3. The van der Waals surface area contributed by atoms with E-state index < -0.39 is 43.6 Å². The molecule has 4 rings (SSSR count). The molecule has 0 bridgehead atoms. The minimum absolute atomic E-state index is 0.0579. The Morgan fingerprint density at radius 2 is 2.00 bits per heavy atom. The Morgan fingerprint density at radius 3 is 2.70 bits per heavy atom. The van der Waals surface area contributed by atoms with Crippen molar-refractivity contribution in [2.45, 2.75) is 37.5 Å². The Kier molecular flexibility index (Phi) is 10.4. The lowest BCUT2D eigenvalue weighted by atomic mass is 10.0. The number of methoxy groups -OCH3 is 1. The Balaban J connectivity index is 1.53. The lowest BCUT2D eigenvalue weighted by Crippen LogP contribution is -2.46. The van der Waals surface area contributed by atoms with Gasteiger partial charge < -0.3 is 40.4 Å². The summed E-state index contributed by atoms with van der Waals surface area (Å²) < 4.78 is 61.8. The highest BCUT2D eigenvalue weighted by Crippen LogP contribution is 2.32. The predicted octanol–water partition coefficient (Wildman–Crippen LogP) is 3.21. The molecule has 5 N–H and O–H groups in total. The first kappa shape index (κ1) is 31.9. The number of carbonyl (C=O) groups is 1. The highest BCUT2D eigenvalue weighted by Gasteiger charge is 2.31. The molecule has 2 aromatic carbocycles. The molecule has 2 heterocycles. The molecule has 1 aliphatic rings. The molecular weight excluding hydrogens is 570 g/mol. The van der Waals surface area contributed by atoms with Crippen LogP contribution in [0.15, 0.2) is 42.5 Å². The van der Waals surface area contributed by atoms with Gasteiger partial charge in [-0.1, -0.05) is 12.0 Å². The molecule has 3 aromatic rings. The number of aliphatic hydroxyl groups excluding tert-OH is 2. The maximum atomic E-state index is 14.7. The molecule has 232 valence electrons. The smallest absolute Gasteiger partial charge is 0.406 e. The molecular formula is C30H35F4N5O4. The maximum absolute atomic E-state index is 14.7. The van der Waals surface area contributed by atoms with Crippen LogP contribution in [0.5, 0.6) is 5.75 Å². The van der Waals surface area contributed by atoms with Crippen LogP contribution in [0.3, 0.4) is 0 Å². The van der Waals surface area contributed by atoms with Gasteiger partial charge in [0.05, 0.1) is 49.3 Å². The zero-order chi connectivity index (χ0) is 31.1. The monoisotopic (exact) mass is 605 g/mol. The Hall–Kier alpha value is -3.99. The molecule has 0 spiro atoms. The van der Waals surface area contributed by atoms with E-state index in [1.807, 2.05) is 11.9 Å². The van der Waals surface area contributed by atoms with Crippen LogP contribution in [0.25, 0.3) is 10.9 Å². The average molecular weight is 606 g/mol. The Bertz CT molecular complexity index is 1480. The van der Waals surface area contributed by atoms with Gasteiger partial charge in [0.25, 0.3) is 5.91 Å². The number of aromatic nitrogens is 1. The summed E-state index contributed by atoms with van der Waals surface area (Å²) in [5.74, 6) is 5.55. The SMILES string of the molecule is COc1cc(C(=O)NC[C@H](O)CO)ccc1NCC#Cc1cc2c(N[C@@H]3CCN(C)C[C@@H]3F)cccc2n1CC(F)(F)F. The minimum atomic E-state index is -4.49. The summed E-state index contributed by atoms with van der Waals surface area (Å²) in [6.45, 7) is -0.790. The van der Waals surface area contributed by atoms with Crippen molar-refractivity contribution in [1.29, 1.82) is 0 Å². The number of anilines is 2. The van der Waals surface area contributed by atoms with E-state index in [1.54, 1.807) is 30.3 Å². The van der Waals surface area contributed by atoms with Gasteiger partial charge in [-0.3, -0.25) is 4.79 Å². The van der Waals surface area contributed by atoms with Gasteiger partial charge in [-0.15, -0.1) is 0 Å². The molecule has 0 radical (unpaired) electrons. The van der Waals surface area contributed by atoms with Gasteiger partial charge in [0.1, 0.15) is 18.5 Å². The zero-order valence-electron chi connectivity index (χ0n) is 23.8. The first-order chi connectivity index (χ1) is 20.5. The molecule has 1 aliphatic heterocycles. The molecule has 1 fully saturated rings. The zero-order valence-corrected chi connectivity index (χ0v) is 23.8. The summed E-state index contributed by atoms with van der Waals surface area (Å²) in [6.07, 6.45) is -6.11. The summed E-state index contributed by atoms with van der Waals surface area (Å²) >= 11 is 0. The predicted molar refractivity (Wildman–Crippen MR) is 156 cm³/mol. The number of hydrogen-bond acceptors (Lipinski definition) is 7. The van der Waals surface area contributed by atoms with Crippen LogP contribution in [0.4, 0.5) is 28.9 Å². The lowest BCUT2D eigenvalue weighted by molar-refractivity contribution is -0.140. The molecule has 0 aliphatic carbocycles. The lowest BCUT2D eigenvalue weighted by Gasteiger charge is -2.33. The van der Waals surface area contributed by atoms with E-state index in [1.165, 1.54) is 19.2 Å². The number of carbonyl (C=O) groups excluding carboxylic acids is 1. The van der Waals surface area contributed by atoms with Crippen molar-refractivity contribution in [2.24, 2.45) is 0 Å². The first-order valence-electron chi connectivity index (χ1n) is 13.7. The van der Waals surface area contributed by atoms with E-state index in [2.05, 4.69) is 27.8 Å². The number of aliphatic hydroxyl groups is 2. The van der Waals surface area contributed by atoms with E-state index >= 15 is 0 Å². The molecule has 1 amide bonds. The third-order valence-corrected chi connectivity index (χ3v) is 7.12. The van der Waals surface area contributed by atoms with Gasteiger partial charge in [0.2, 0.25) is 0 Å². The molecule has 0 unspecified atom stereocenters. The number of ether oxygens (including phenoxy) is 1. The maximum Gasteiger partial charge on any atom is 0.406 e. The van der Waals surface area contributed by atoms with Gasteiger partial charge in [-0.25, -0.2) is 4.39 Å². The molecule has 9 nitrogen and oxygen atoms in total. The van der Waals surface area contributed by atoms with Crippen LogP contribution in [-0.4, -0.2) is 97.0 Å². The number of alkyl halides is 4. The molecule has 0 saturated carbocycles. The third-order valence-electron chi connectivity index (χ3n) is 7.12. The average Bonchev–Trinajstić information content (AvgIpc) is 3.31. The summed E-state index contributed by atoms with van der Waals surface area (Å²) in [4.78, 5) is 14.2. The fraction of sp³-hybridized carbons (Fsp3) is 0.433. The summed E-state index contributed by atoms with van der Waals surface area (Å²) in [7, 11) is 3.26. The van der Waals surface area contributed by atoms with Crippen molar-refractivity contribution in [3.8, 4) is 17.6 Å². The normalized spacial score (nSPS) is 18.0. The minimum Gasteiger partial charge on any atom is -0.495 e. The number of hydrogen-bond donors (Lipinski definition) is 5. The number of piperidine rings is 1. The molecule has 1 saturated heterocycles. The number of nitrogens with zero attached hydrogens (tertiary/aromatic N) is 2. The highest BCUT2D eigenvalue weighted by molar-refractivity contribution is 5.95. The first-order valence-corrected chi connectivity index (χ1v) is 13.7. The van der Waals surface area contributed by atoms with E-state index in [0.717, 1.165) is 4.57 Å². The Morgan fingerprint density at radius 1 is 1.21 bits per heavy atom. The van der Waals surface area contributed by atoms with Crippen LogP contribution < -0.4 is 20.7 Å². The molecule has 1 aromatic heterocycles. The van der Waals surface area contributed by atoms with Crippen molar-refractivity contribution >= 4 is 28.2 Å². The number of benzene rings is 2. The second kappa shape index (κ2) is 14.0. The topological polar surface area (TPSA) is 111 Å². The number of likely N-dealkylation sites (tertiary alicyclic amines) is 1. The van der Waals surface area contributed by atoms with E-state index in [-0.39, 0.29) is 30.9 Å². The van der Waals surface area contributed by atoms with E-state index in [0.29, 0.717) is 41.0 Å². The quantitative estimate of drug-likeness (QED) is 0.178. The van der Waals surface area contributed by atoms with Crippen molar-refractivity contribution in [3.05, 3.63) is 53.7 Å². The molecule has 43 heavy (non-hydrogen) atoms. The Labute approximate surface area is 246 Å². The molecule has 13 heteroatoms. The summed E-state index contributed by atoms with van der Waals surface area (Å²) in [5.41, 5.74) is 1.82. The van der Waals surface area contributed by atoms with Crippen LogP contribution in [0.1, 0.15) is 22.5 Å². The highest BCUT2D eigenvalue weighted by atomic mass is 19.4. The summed E-state index contributed by atoms with van der Waals surface area (Å²) in [6, 6.07) is 10.7. The number of fused-ring (bicyclic) bond motifs is 1. The van der Waals surface area contributed by atoms with Gasteiger partial charge >= 0.3 is 6.18 Å². The fourth-order valence-electron chi connectivity index (χ4n) is 4.91. The van der Waals surface area contributed by atoms with Crippen molar-refractivity contribution in [3.63, 3.8) is 0 Å². The number of halogens is 4. The van der Waals surface area contributed by atoms with Gasteiger partial charge in [0.15, 0.2) is 0 Å². The number of amides is 1. The van der Waals surface area contributed by atoms with Crippen molar-refractivity contribution < 1.29 is 37.3 Å². The summed E-state index contributed by atoms with van der Waals surface area (Å²) in [5, 5.41) is 27.6. The standard InChI is InChI=1S/C30H35F4N5O4/c1-38-12-10-25(23(31)16-38)37-24-6-3-7-27-22(24)14-20(39(27)18-30(32,33)34)5-4-11-35-26-9-8-19(13-28(26)43-2)29(42)36-15-21(41)17-40/h3,6-9,13-14,21,23,25,35,37,40-41H,10-12,15-18H2,1-2H3,(H,36,42)/t21-,23-,25+/m0/s1. The van der Waals surface area contributed by atoms with E-state index in [4.69, 9.17) is 9.84 Å². The van der Waals surface area contributed by atoms with Crippen molar-refractivity contribution in [2.75, 3.05) is 57.6 Å². The van der Waals surface area contributed by atoms with Gasteiger partial charge in [0, 0.05) is 36.3 Å². The van der Waals surface area contributed by atoms with E-state index in [9.17, 15) is 27.5 Å². The molecule has 3 atom stereocenters. The number of rotatable bonds is 10. The second-order valence-corrected chi connectivity index (χ2v) is 10.4. The van der Waals surface area contributed by atoms with Gasteiger partial charge in [-0.2, -0.15) is 13.2 Å². The second-order valence-electron chi connectivity index (χ2n) is 10.4. The van der Waals surface area contributed by atoms with Gasteiger partial charge in [-0.05, 0) is 55.8 Å². The fourth-order valence-corrected chi connectivity index (χ4v) is 4.91. The largest absolute Gasteiger partial charge is 0.495 e. The van der Waals surface area contributed by atoms with Crippen LogP contribution >= 0.6 is 0 Å².